The Bertz CT molecular complexity index is 529. The minimum atomic E-state index is -0.523. The number of nitro benzene ring substituents is 1. The summed E-state index contributed by atoms with van der Waals surface area (Å²) in [7, 11) is 0. The molecule has 108 valence electrons. The van der Waals surface area contributed by atoms with E-state index in [1.54, 1.807) is 6.07 Å². The van der Waals surface area contributed by atoms with Gasteiger partial charge in [-0.1, -0.05) is 0 Å². The van der Waals surface area contributed by atoms with Gasteiger partial charge in [0.1, 0.15) is 0 Å². The molecule has 6 nitrogen and oxygen atoms in total. The van der Waals surface area contributed by atoms with Gasteiger partial charge in [0.2, 0.25) is 0 Å². The maximum atomic E-state index is 12.1. The Morgan fingerprint density at radius 3 is 2.95 bits per heavy atom. The molecule has 0 aliphatic carbocycles. The van der Waals surface area contributed by atoms with Gasteiger partial charge in [-0.05, 0) is 47.8 Å². The van der Waals surface area contributed by atoms with Gasteiger partial charge < -0.3 is 10.1 Å². The van der Waals surface area contributed by atoms with Gasteiger partial charge in [-0.15, -0.1) is 0 Å². The van der Waals surface area contributed by atoms with Crippen LogP contribution in [0.4, 0.5) is 5.69 Å². The van der Waals surface area contributed by atoms with Gasteiger partial charge in [-0.2, -0.15) is 0 Å². The highest BCUT2D eigenvalue weighted by Crippen LogP contribution is 2.25. The first-order valence-electron chi connectivity index (χ1n) is 6.35. The molecular formula is C13H15BrN2O4. The zero-order valence-electron chi connectivity index (χ0n) is 11.0. The zero-order valence-corrected chi connectivity index (χ0v) is 12.6. The summed E-state index contributed by atoms with van der Waals surface area (Å²) >= 11 is 3.09. The van der Waals surface area contributed by atoms with E-state index in [-0.39, 0.29) is 29.3 Å². The molecule has 1 aliphatic rings. The highest BCUT2D eigenvalue weighted by molar-refractivity contribution is 9.10. The molecule has 1 aromatic carbocycles. The molecule has 0 saturated carbocycles. The first-order chi connectivity index (χ1) is 9.49. The second-order valence-electron chi connectivity index (χ2n) is 4.74. The summed E-state index contributed by atoms with van der Waals surface area (Å²) in [5.74, 6) is -0.330. The largest absolute Gasteiger partial charge is 0.376 e. The van der Waals surface area contributed by atoms with Gasteiger partial charge >= 0.3 is 0 Å². The Hall–Kier alpha value is -1.47. The summed E-state index contributed by atoms with van der Waals surface area (Å²) in [6.07, 6.45) is 1.93. The van der Waals surface area contributed by atoms with Crippen LogP contribution in [-0.2, 0) is 4.74 Å². The second-order valence-corrected chi connectivity index (χ2v) is 5.59. The number of benzene rings is 1. The lowest BCUT2D eigenvalue weighted by molar-refractivity contribution is -0.385. The van der Waals surface area contributed by atoms with E-state index < -0.39 is 4.92 Å². The fraction of sp³-hybridized carbons (Fsp3) is 0.462. The molecule has 1 aromatic rings. The number of carbonyl (C=O) groups excluding carboxylic acids is 1. The van der Waals surface area contributed by atoms with E-state index >= 15 is 0 Å². The molecule has 1 heterocycles. The summed E-state index contributed by atoms with van der Waals surface area (Å²) in [5, 5.41) is 13.7. The van der Waals surface area contributed by atoms with Crippen molar-refractivity contribution in [3.63, 3.8) is 0 Å². The fourth-order valence-corrected chi connectivity index (χ4v) is 2.57. The minimum Gasteiger partial charge on any atom is -0.376 e. The van der Waals surface area contributed by atoms with E-state index in [4.69, 9.17) is 4.74 Å². The molecule has 7 heteroatoms. The molecule has 2 atom stereocenters. The van der Waals surface area contributed by atoms with Gasteiger partial charge in [-0.3, -0.25) is 14.9 Å². The van der Waals surface area contributed by atoms with Gasteiger partial charge in [0.05, 0.1) is 21.5 Å². The molecular weight excluding hydrogens is 328 g/mol. The lowest BCUT2D eigenvalue weighted by Gasteiger charge is -2.19. The molecule has 20 heavy (non-hydrogen) atoms. The van der Waals surface area contributed by atoms with Crippen LogP contribution in [0, 0.1) is 10.1 Å². The van der Waals surface area contributed by atoms with Gasteiger partial charge in [0, 0.05) is 18.2 Å². The van der Waals surface area contributed by atoms with E-state index in [2.05, 4.69) is 21.2 Å². The molecule has 0 unspecified atom stereocenters. The van der Waals surface area contributed by atoms with Crippen molar-refractivity contribution in [2.75, 3.05) is 6.61 Å². The Labute approximate surface area is 124 Å². The monoisotopic (exact) mass is 342 g/mol. The SMILES string of the molecule is C[C@H](NC(=O)c1ccc(Br)c([N+](=O)[O-])c1)[C@H]1CCCO1. The summed E-state index contributed by atoms with van der Waals surface area (Å²) in [5.41, 5.74) is 0.146. The smallest absolute Gasteiger partial charge is 0.284 e. The van der Waals surface area contributed by atoms with Crippen LogP contribution < -0.4 is 5.32 Å². The van der Waals surface area contributed by atoms with Crippen molar-refractivity contribution in [3.8, 4) is 0 Å². The average Bonchev–Trinajstić information content (AvgIpc) is 2.92. The van der Waals surface area contributed by atoms with Crippen LogP contribution in [0.3, 0.4) is 0 Å². The zero-order chi connectivity index (χ0) is 14.7. The number of halogens is 1. The van der Waals surface area contributed by atoms with E-state index in [1.807, 2.05) is 6.92 Å². The lowest BCUT2D eigenvalue weighted by atomic mass is 10.1. The number of nitrogens with zero attached hydrogens (tertiary/aromatic N) is 1. The molecule has 1 aliphatic heterocycles. The number of amides is 1. The van der Waals surface area contributed by atoms with Crippen LogP contribution in [0.2, 0.25) is 0 Å². The van der Waals surface area contributed by atoms with E-state index in [1.165, 1.54) is 12.1 Å². The first-order valence-corrected chi connectivity index (χ1v) is 7.14. The van der Waals surface area contributed by atoms with Crippen molar-refractivity contribution < 1.29 is 14.5 Å². The summed E-state index contributed by atoms with van der Waals surface area (Å²) in [6.45, 7) is 2.59. The molecule has 0 aromatic heterocycles. The third kappa shape index (κ3) is 3.34. The van der Waals surface area contributed by atoms with Crippen LogP contribution in [0.25, 0.3) is 0 Å². The summed E-state index contributed by atoms with van der Waals surface area (Å²) in [4.78, 5) is 22.4. The van der Waals surface area contributed by atoms with E-state index in [0.717, 1.165) is 12.8 Å². The van der Waals surface area contributed by atoms with Crippen LogP contribution >= 0.6 is 15.9 Å². The predicted molar refractivity (Wildman–Crippen MR) is 76.7 cm³/mol. The standard InChI is InChI=1S/C13H15BrN2O4/c1-8(12-3-2-6-20-12)15-13(17)9-4-5-10(14)11(7-9)16(18)19/h4-5,7-8,12H,2-3,6H2,1H3,(H,15,17)/t8-,12+/m0/s1. The maximum Gasteiger partial charge on any atom is 0.284 e. The van der Waals surface area contributed by atoms with Crippen molar-refractivity contribution in [2.45, 2.75) is 31.9 Å². The molecule has 0 radical (unpaired) electrons. The highest BCUT2D eigenvalue weighted by Gasteiger charge is 2.24. The van der Waals surface area contributed by atoms with Gasteiger partial charge in [0.25, 0.3) is 11.6 Å². The molecule has 2 rings (SSSR count). The third-order valence-corrected chi connectivity index (χ3v) is 3.96. The number of hydrogen-bond acceptors (Lipinski definition) is 4. The van der Waals surface area contributed by atoms with Crippen molar-refractivity contribution in [1.82, 2.24) is 5.32 Å². The Balaban J connectivity index is 2.08. The topological polar surface area (TPSA) is 81.5 Å². The fourth-order valence-electron chi connectivity index (χ4n) is 2.17. The Kier molecular flexibility index (Phi) is 4.72. The lowest BCUT2D eigenvalue weighted by Crippen LogP contribution is -2.40. The summed E-state index contributed by atoms with van der Waals surface area (Å²) in [6, 6.07) is 4.20. The van der Waals surface area contributed by atoms with Crippen molar-refractivity contribution in [1.29, 1.82) is 0 Å². The van der Waals surface area contributed by atoms with Crippen LogP contribution in [0.15, 0.2) is 22.7 Å². The molecule has 1 N–H and O–H groups in total. The molecule has 0 bridgehead atoms. The average molecular weight is 343 g/mol. The second kappa shape index (κ2) is 6.32. The quantitative estimate of drug-likeness (QED) is 0.673. The number of nitro groups is 1. The number of carbonyl (C=O) groups is 1. The normalized spacial score (nSPS) is 19.6. The van der Waals surface area contributed by atoms with Gasteiger partial charge in [0.15, 0.2) is 0 Å². The molecule has 1 saturated heterocycles. The van der Waals surface area contributed by atoms with Crippen LogP contribution in [0.1, 0.15) is 30.1 Å². The first kappa shape index (κ1) is 14.9. The predicted octanol–water partition coefficient (Wildman–Crippen LogP) is 2.65. The van der Waals surface area contributed by atoms with Crippen molar-refractivity contribution >= 4 is 27.5 Å². The molecule has 1 fully saturated rings. The number of rotatable bonds is 4. The van der Waals surface area contributed by atoms with Crippen LogP contribution in [-0.4, -0.2) is 29.6 Å². The van der Waals surface area contributed by atoms with Gasteiger partial charge in [-0.25, -0.2) is 0 Å². The number of ether oxygens (including phenoxy) is 1. The van der Waals surface area contributed by atoms with E-state index in [0.29, 0.717) is 11.1 Å². The minimum absolute atomic E-state index is 0.0179. The van der Waals surface area contributed by atoms with Crippen molar-refractivity contribution in [2.24, 2.45) is 0 Å². The maximum absolute atomic E-state index is 12.1. The van der Waals surface area contributed by atoms with Crippen molar-refractivity contribution in [3.05, 3.63) is 38.3 Å². The highest BCUT2D eigenvalue weighted by atomic mass is 79.9. The molecule has 1 amide bonds. The third-order valence-electron chi connectivity index (χ3n) is 3.29. The van der Waals surface area contributed by atoms with Crippen LogP contribution in [0.5, 0.6) is 0 Å². The summed E-state index contributed by atoms with van der Waals surface area (Å²) < 4.78 is 5.86. The number of hydrogen-bond donors (Lipinski definition) is 1. The Morgan fingerprint density at radius 1 is 1.60 bits per heavy atom. The number of nitrogens with one attached hydrogen (secondary N) is 1. The van der Waals surface area contributed by atoms with E-state index in [9.17, 15) is 14.9 Å². The molecule has 0 spiro atoms. The Morgan fingerprint density at radius 2 is 2.35 bits per heavy atom.